The van der Waals surface area contributed by atoms with Crippen LogP contribution in [-0.2, 0) is 16.0 Å². The van der Waals surface area contributed by atoms with Gasteiger partial charge in [-0.1, -0.05) is 6.92 Å². The largest absolute Gasteiger partial charge is 0.481 e. The number of aryl methyl sites for hydroxylation is 1. The van der Waals surface area contributed by atoms with E-state index in [4.69, 9.17) is 5.11 Å². The standard InChI is InChI=1S/C13H17NO3S/c1-9-6-14(7-11(9)13(16)17)12(15)3-2-10-4-5-18-8-10/h4-5,8-9,11H,2-3,6-7H2,1H3,(H,16,17)/t9-,11-/m1/s1. The normalized spacial score (nSPS) is 23.3. The second-order valence-electron chi connectivity index (χ2n) is 4.85. The average molecular weight is 267 g/mol. The van der Waals surface area contributed by atoms with Crippen LogP contribution in [-0.4, -0.2) is 35.0 Å². The molecule has 2 rings (SSSR count). The van der Waals surface area contributed by atoms with Crippen molar-refractivity contribution in [3.8, 4) is 0 Å². The van der Waals surface area contributed by atoms with Gasteiger partial charge >= 0.3 is 5.97 Å². The molecule has 1 N–H and O–H groups in total. The number of carbonyl (C=O) groups excluding carboxylic acids is 1. The zero-order valence-corrected chi connectivity index (χ0v) is 11.2. The van der Waals surface area contributed by atoms with E-state index in [2.05, 4.69) is 0 Å². The fourth-order valence-corrected chi connectivity index (χ4v) is 3.04. The summed E-state index contributed by atoms with van der Waals surface area (Å²) in [5, 5.41) is 13.1. The van der Waals surface area contributed by atoms with Gasteiger partial charge in [-0.15, -0.1) is 0 Å². The first-order valence-corrected chi connectivity index (χ1v) is 7.04. The zero-order chi connectivity index (χ0) is 13.1. The first kappa shape index (κ1) is 13.1. The lowest BCUT2D eigenvalue weighted by Crippen LogP contribution is -2.30. The van der Waals surface area contributed by atoms with E-state index in [9.17, 15) is 9.59 Å². The lowest BCUT2D eigenvalue weighted by atomic mass is 9.99. The first-order valence-electron chi connectivity index (χ1n) is 6.09. The van der Waals surface area contributed by atoms with Crippen LogP contribution >= 0.6 is 11.3 Å². The maximum Gasteiger partial charge on any atom is 0.308 e. The predicted octanol–water partition coefficient (Wildman–Crippen LogP) is 1.86. The highest BCUT2D eigenvalue weighted by atomic mass is 32.1. The molecule has 1 fully saturated rings. The second kappa shape index (κ2) is 5.52. The number of aliphatic carboxylic acids is 1. The van der Waals surface area contributed by atoms with Gasteiger partial charge in [-0.25, -0.2) is 0 Å². The molecule has 1 saturated heterocycles. The molecule has 2 atom stereocenters. The molecule has 0 radical (unpaired) electrons. The Kier molecular flexibility index (Phi) is 4.01. The molecule has 18 heavy (non-hydrogen) atoms. The summed E-state index contributed by atoms with van der Waals surface area (Å²) < 4.78 is 0. The number of amides is 1. The van der Waals surface area contributed by atoms with Gasteiger partial charge in [0.25, 0.3) is 0 Å². The summed E-state index contributed by atoms with van der Waals surface area (Å²) in [6.45, 7) is 2.82. The van der Waals surface area contributed by atoms with E-state index in [1.165, 1.54) is 5.56 Å². The van der Waals surface area contributed by atoms with Gasteiger partial charge in [-0.3, -0.25) is 9.59 Å². The average Bonchev–Trinajstić information content (AvgIpc) is 2.94. The van der Waals surface area contributed by atoms with Gasteiger partial charge in [-0.2, -0.15) is 11.3 Å². The summed E-state index contributed by atoms with van der Waals surface area (Å²) in [7, 11) is 0. The van der Waals surface area contributed by atoms with Crippen LogP contribution in [0.25, 0.3) is 0 Å². The number of carboxylic acids is 1. The molecule has 0 aliphatic carbocycles. The molecule has 0 aromatic carbocycles. The quantitative estimate of drug-likeness (QED) is 0.906. The molecule has 2 heterocycles. The summed E-state index contributed by atoms with van der Waals surface area (Å²) in [5.74, 6) is -1.09. The minimum atomic E-state index is -0.796. The Bertz CT molecular complexity index is 429. The monoisotopic (exact) mass is 267 g/mol. The van der Waals surface area contributed by atoms with Crippen molar-refractivity contribution >= 4 is 23.2 Å². The van der Waals surface area contributed by atoms with Gasteiger partial charge in [0.1, 0.15) is 0 Å². The summed E-state index contributed by atoms with van der Waals surface area (Å²) in [5.41, 5.74) is 1.18. The Balaban J connectivity index is 1.85. The number of hydrogen-bond acceptors (Lipinski definition) is 3. The van der Waals surface area contributed by atoms with Crippen molar-refractivity contribution in [2.75, 3.05) is 13.1 Å². The Hall–Kier alpha value is -1.36. The Morgan fingerprint density at radius 2 is 2.28 bits per heavy atom. The van der Waals surface area contributed by atoms with Crippen LogP contribution < -0.4 is 0 Å². The Morgan fingerprint density at radius 3 is 2.83 bits per heavy atom. The summed E-state index contributed by atoms with van der Waals surface area (Å²) in [6.07, 6.45) is 1.21. The molecule has 0 saturated carbocycles. The Labute approximate surface area is 110 Å². The SMILES string of the molecule is C[C@@H]1CN(C(=O)CCc2ccsc2)C[C@H]1C(=O)O. The maximum absolute atomic E-state index is 12.0. The van der Waals surface area contributed by atoms with Crippen LogP contribution in [0.1, 0.15) is 18.9 Å². The number of thiophene rings is 1. The molecule has 0 bridgehead atoms. The van der Waals surface area contributed by atoms with Crippen molar-refractivity contribution in [3.05, 3.63) is 22.4 Å². The smallest absolute Gasteiger partial charge is 0.308 e. The molecular weight excluding hydrogens is 250 g/mol. The number of hydrogen-bond donors (Lipinski definition) is 1. The fourth-order valence-electron chi connectivity index (χ4n) is 2.34. The van der Waals surface area contributed by atoms with Crippen LogP contribution in [0.15, 0.2) is 16.8 Å². The minimum absolute atomic E-state index is 0.0487. The number of rotatable bonds is 4. The topological polar surface area (TPSA) is 57.6 Å². The van der Waals surface area contributed by atoms with Gasteiger partial charge in [0.15, 0.2) is 0 Å². The minimum Gasteiger partial charge on any atom is -0.481 e. The van der Waals surface area contributed by atoms with Gasteiger partial charge in [0, 0.05) is 19.5 Å². The summed E-state index contributed by atoms with van der Waals surface area (Å²) in [4.78, 5) is 24.7. The van der Waals surface area contributed by atoms with E-state index in [-0.39, 0.29) is 11.8 Å². The van der Waals surface area contributed by atoms with E-state index in [1.54, 1.807) is 16.2 Å². The van der Waals surface area contributed by atoms with Crippen molar-refractivity contribution in [3.63, 3.8) is 0 Å². The highest BCUT2D eigenvalue weighted by molar-refractivity contribution is 7.07. The molecule has 0 unspecified atom stereocenters. The van der Waals surface area contributed by atoms with E-state index in [0.29, 0.717) is 19.5 Å². The molecule has 1 aromatic heterocycles. The van der Waals surface area contributed by atoms with Crippen LogP contribution in [0.5, 0.6) is 0 Å². The van der Waals surface area contributed by atoms with Crippen LogP contribution in [0.3, 0.4) is 0 Å². The molecule has 5 heteroatoms. The number of carbonyl (C=O) groups is 2. The highest BCUT2D eigenvalue weighted by Crippen LogP contribution is 2.24. The molecule has 1 aromatic rings. The zero-order valence-electron chi connectivity index (χ0n) is 10.3. The second-order valence-corrected chi connectivity index (χ2v) is 5.63. The molecule has 1 amide bonds. The van der Waals surface area contributed by atoms with E-state index >= 15 is 0 Å². The lowest BCUT2D eigenvalue weighted by molar-refractivity contribution is -0.142. The number of likely N-dealkylation sites (tertiary alicyclic amines) is 1. The molecule has 1 aliphatic heterocycles. The third-order valence-corrected chi connectivity index (χ3v) is 4.22. The van der Waals surface area contributed by atoms with Gasteiger partial charge in [-0.05, 0) is 34.7 Å². The lowest BCUT2D eigenvalue weighted by Gasteiger charge is -2.15. The molecular formula is C13H17NO3S. The number of carboxylic acid groups (broad SMARTS) is 1. The van der Waals surface area contributed by atoms with Gasteiger partial charge in [0.05, 0.1) is 5.92 Å². The molecule has 4 nitrogen and oxygen atoms in total. The van der Waals surface area contributed by atoms with Crippen molar-refractivity contribution in [2.45, 2.75) is 19.8 Å². The highest BCUT2D eigenvalue weighted by Gasteiger charge is 2.36. The van der Waals surface area contributed by atoms with Gasteiger partial charge < -0.3 is 10.0 Å². The number of nitrogens with zero attached hydrogens (tertiary/aromatic N) is 1. The summed E-state index contributed by atoms with van der Waals surface area (Å²) >= 11 is 1.63. The molecule has 1 aliphatic rings. The maximum atomic E-state index is 12.0. The van der Waals surface area contributed by atoms with Crippen molar-refractivity contribution in [1.82, 2.24) is 4.90 Å². The van der Waals surface area contributed by atoms with Crippen molar-refractivity contribution in [2.24, 2.45) is 11.8 Å². The van der Waals surface area contributed by atoms with E-state index in [1.807, 2.05) is 23.8 Å². The third kappa shape index (κ3) is 2.90. The first-order chi connectivity index (χ1) is 8.58. The van der Waals surface area contributed by atoms with E-state index in [0.717, 1.165) is 6.42 Å². The molecule has 98 valence electrons. The Morgan fingerprint density at radius 1 is 1.50 bits per heavy atom. The van der Waals surface area contributed by atoms with Crippen LogP contribution in [0.4, 0.5) is 0 Å². The van der Waals surface area contributed by atoms with Gasteiger partial charge in [0.2, 0.25) is 5.91 Å². The van der Waals surface area contributed by atoms with Crippen LogP contribution in [0.2, 0.25) is 0 Å². The predicted molar refractivity (Wildman–Crippen MR) is 69.5 cm³/mol. The van der Waals surface area contributed by atoms with Crippen molar-refractivity contribution in [1.29, 1.82) is 0 Å². The van der Waals surface area contributed by atoms with Crippen molar-refractivity contribution < 1.29 is 14.7 Å². The summed E-state index contributed by atoms with van der Waals surface area (Å²) in [6, 6.07) is 2.02. The van der Waals surface area contributed by atoms with E-state index < -0.39 is 11.9 Å². The fraction of sp³-hybridized carbons (Fsp3) is 0.538. The van der Waals surface area contributed by atoms with Crippen LogP contribution in [0, 0.1) is 11.8 Å². The molecule has 0 spiro atoms. The third-order valence-electron chi connectivity index (χ3n) is 3.49.